The van der Waals surface area contributed by atoms with Crippen LogP contribution in [0.1, 0.15) is 56.6 Å². The molecule has 112 valence electrons. The van der Waals surface area contributed by atoms with Gasteiger partial charge in [0, 0.05) is 0 Å². The molecular formula is C18H22FNO. The van der Waals surface area contributed by atoms with Crippen molar-refractivity contribution >= 4 is 0 Å². The molecule has 0 aliphatic heterocycles. The highest BCUT2D eigenvalue weighted by atomic mass is 19.1. The monoisotopic (exact) mass is 287 g/mol. The average Bonchev–Trinajstić information content (AvgIpc) is 2.85. The number of nitriles is 1. The number of nitrogens with zero attached hydrogens (tertiary/aromatic N) is 1. The third-order valence-electron chi connectivity index (χ3n) is 5.71. The Labute approximate surface area is 125 Å². The van der Waals surface area contributed by atoms with Gasteiger partial charge in [0.1, 0.15) is 11.4 Å². The molecule has 3 rings (SSSR count). The van der Waals surface area contributed by atoms with Crippen LogP contribution in [0.15, 0.2) is 18.2 Å². The third kappa shape index (κ3) is 2.08. The summed E-state index contributed by atoms with van der Waals surface area (Å²) >= 11 is 0. The Kier molecular flexibility index (Phi) is 3.53. The maximum atomic E-state index is 13.4. The van der Waals surface area contributed by atoms with Crippen LogP contribution in [0, 0.1) is 28.5 Å². The predicted molar refractivity (Wildman–Crippen MR) is 78.9 cm³/mol. The summed E-state index contributed by atoms with van der Waals surface area (Å²) < 4.78 is 13.4. The molecule has 0 amide bonds. The largest absolute Gasteiger partial charge is 0.383 e. The van der Waals surface area contributed by atoms with Crippen LogP contribution in [0.3, 0.4) is 0 Å². The maximum absolute atomic E-state index is 13.4. The van der Waals surface area contributed by atoms with E-state index < -0.39 is 11.0 Å². The van der Waals surface area contributed by atoms with Gasteiger partial charge in [0.2, 0.25) is 0 Å². The van der Waals surface area contributed by atoms with E-state index in [4.69, 9.17) is 0 Å². The van der Waals surface area contributed by atoms with Crippen molar-refractivity contribution in [3.8, 4) is 6.07 Å². The molecule has 3 unspecified atom stereocenters. The molecular weight excluding hydrogens is 265 g/mol. The van der Waals surface area contributed by atoms with E-state index in [1.54, 1.807) is 6.07 Å². The molecule has 3 atom stereocenters. The number of hydrogen-bond donors (Lipinski definition) is 1. The zero-order valence-corrected chi connectivity index (χ0v) is 12.5. The second kappa shape index (κ2) is 5.10. The Balaban J connectivity index is 2.04. The van der Waals surface area contributed by atoms with E-state index in [0.29, 0.717) is 18.8 Å². The summed E-state index contributed by atoms with van der Waals surface area (Å²) in [5, 5.41) is 21.3. The fraction of sp³-hybridized carbons (Fsp3) is 0.611. The SMILES string of the molecule is CCC1CCCC(C#N)(C2(O)CCc3cc(F)ccc32)C1. The van der Waals surface area contributed by atoms with Gasteiger partial charge in [-0.05, 0) is 54.9 Å². The zero-order chi connectivity index (χ0) is 15.1. The molecule has 0 radical (unpaired) electrons. The van der Waals surface area contributed by atoms with Crippen molar-refractivity contribution < 1.29 is 9.50 Å². The van der Waals surface area contributed by atoms with Crippen LogP contribution in [0.25, 0.3) is 0 Å². The maximum Gasteiger partial charge on any atom is 0.123 e. The highest BCUT2D eigenvalue weighted by molar-refractivity contribution is 5.41. The quantitative estimate of drug-likeness (QED) is 0.891. The first kappa shape index (κ1) is 14.5. The highest BCUT2D eigenvalue weighted by Gasteiger charge is 2.56. The molecule has 0 heterocycles. The lowest BCUT2D eigenvalue weighted by atomic mass is 9.59. The van der Waals surface area contributed by atoms with Gasteiger partial charge in [-0.25, -0.2) is 4.39 Å². The van der Waals surface area contributed by atoms with Crippen LogP contribution in [0.5, 0.6) is 0 Å². The number of halogens is 1. The van der Waals surface area contributed by atoms with Crippen LogP contribution in [0.4, 0.5) is 4.39 Å². The average molecular weight is 287 g/mol. The van der Waals surface area contributed by atoms with Crippen LogP contribution in [-0.2, 0) is 12.0 Å². The van der Waals surface area contributed by atoms with Crippen molar-refractivity contribution in [2.24, 2.45) is 11.3 Å². The predicted octanol–water partition coefficient (Wildman–Crippen LogP) is 4.07. The van der Waals surface area contributed by atoms with Crippen LogP contribution < -0.4 is 0 Å². The Hall–Kier alpha value is -1.40. The lowest BCUT2D eigenvalue weighted by molar-refractivity contribution is -0.0870. The van der Waals surface area contributed by atoms with Gasteiger partial charge in [-0.3, -0.25) is 0 Å². The number of benzene rings is 1. The second-order valence-corrected chi connectivity index (χ2v) is 6.73. The number of hydrogen-bond acceptors (Lipinski definition) is 2. The van der Waals surface area contributed by atoms with Gasteiger partial charge >= 0.3 is 0 Å². The molecule has 0 aromatic heterocycles. The van der Waals surface area contributed by atoms with Gasteiger partial charge in [-0.15, -0.1) is 0 Å². The zero-order valence-electron chi connectivity index (χ0n) is 12.5. The van der Waals surface area contributed by atoms with Crippen molar-refractivity contribution in [3.05, 3.63) is 35.1 Å². The number of fused-ring (bicyclic) bond motifs is 1. The number of aliphatic hydroxyl groups is 1. The lowest BCUT2D eigenvalue weighted by Gasteiger charge is -2.45. The van der Waals surface area contributed by atoms with Gasteiger partial charge in [0.25, 0.3) is 0 Å². The van der Waals surface area contributed by atoms with Crippen LogP contribution in [0.2, 0.25) is 0 Å². The van der Waals surface area contributed by atoms with Gasteiger partial charge < -0.3 is 5.11 Å². The Morgan fingerprint density at radius 1 is 1.43 bits per heavy atom. The Morgan fingerprint density at radius 2 is 2.24 bits per heavy atom. The minimum Gasteiger partial charge on any atom is -0.383 e. The summed E-state index contributed by atoms with van der Waals surface area (Å²) in [4.78, 5) is 0. The second-order valence-electron chi connectivity index (χ2n) is 6.73. The summed E-state index contributed by atoms with van der Waals surface area (Å²) in [5.41, 5.74) is -0.180. The third-order valence-corrected chi connectivity index (χ3v) is 5.71. The standard InChI is InChI=1S/C18H22FNO/c1-2-13-4-3-8-17(11-13,12-20)18(21)9-7-14-10-15(19)5-6-16(14)18/h5-6,10,13,21H,2-4,7-9,11H2,1H3. The Bertz CT molecular complexity index is 593. The molecule has 0 spiro atoms. The van der Waals surface area contributed by atoms with E-state index in [0.717, 1.165) is 43.2 Å². The fourth-order valence-electron chi connectivity index (χ4n) is 4.43. The summed E-state index contributed by atoms with van der Waals surface area (Å²) in [7, 11) is 0. The summed E-state index contributed by atoms with van der Waals surface area (Å²) in [6.07, 6.45) is 5.88. The van der Waals surface area contributed by atoms with E-state index in [1.807, 2.05) is 0 Å². The molecule has 3 heteroatoms. The summed E-state index contributed by atoms with van der Waals surface area (Å²) in [6, 6.07) is 7.08. The fourth-order valence-corrected chi connectivity index (χ4v) is 4.43. The van der Waals surface area contributed by atoms with Gasteiger partial charge in [-0.2, -0.15) is 5.26 Å². The molecule has 2 aliphatic carbocycles. The first-order chi connectivity index (χ1) is 10.0. The molecule has 1 aromatic rings. The normalized spacial score (nSPS) is 35.2. The molecule has 2 aliphatic rings. The van der Waals surface area contributed by atoms with Gasteiger partial charge in [-0.1, -0.05) is 32.3 Å². The first-order valence-corrected chi connectivity index (χ1v) is 7.97. The van der Waals surface area contributed by atoms with Gasteiger partial charge in [0.05, 0.1) is 11.5 Å². The van der Waals surface area contributed by atoms with Crippen LogP contribution in [-0.4, -0.2) is 5.11 Å². The van der Waals surface area contributed by atoms with Crippen molar-refractivity contribution in [2.45, 2.75) is 57.5 Å². The molecule has 21 heavy (non-hydrogen) atoms. The van der Waals surface area contributed by atoms with Crippen molar-refractivity contribution in [3.63, 3.8) is 0 Å². The Morgan fingerprint density at radius 3 is 2.95 bits per heavy atom. The number of rotatable bonds is 2. The summed E-state index contributed by atoms with van der Waals surface area (Å²) in [5.74, 6) is 0.242. The highest BCUT2D eigenvalue weighted by Crippen LogP contribution is 2.56. The van der Waals surface area contributed by atoms with Crippen molar-refractivity contribution in [1.29, 1.82) is 5.26 Å². The molecule has 1 saturated carbocycles. The van der Waals surface area contributed by atoms with E-state index in [-0.39, 0.29) is 5.82 Å². The van der Waals surface area contributed by atoms with Crippen LogP contribution >= 0.6 is 0 Å². The molecule has 1 fully saturated rings. The van der Waals surface area contributed by atoms with Crippen molar-refractivity contribution in [2.75, 3.05) is 0 Å². The van der Waals surface area contributed by atoms with E-state index in [2.05, 4.69) is 13.0 Å². The van der Waals surface area contributed by atoms with Crippen molar-refractivity contribution in [1.82, 2.24) is 0 Å². The van der Waals surface area contributed by atoms with E-state index in [1.165, 1.54) is 12.1 Å². The molecule has 0 bridgehead atoms. The minimum absolute atomic E-state index is 0.265. The summed E-state index contributed by atoms with van der Waals surface area (Å²) in [6.45, 7) is 2.15. The molecule has 2 nitrogen and oxygen atoms in total. The van der Waals surface area contributed by atoms with E-state index >= 15 is 0 Å². The first-order valence-electron chi connectivity index (χ1n) is 7.97. The van der Waals surface area contributed by atoms with Gasteiger partial charge in [0.15, 0.2) is 0 Å². The smallest absolute Gasteiger partial charge is 0.123 e. The lowest BCUT2D eigenvalue weighted by Crippen LogP contribution is -2.46. The molecule has 0 saturated heterocycles. The molecule has 1 aromatic carbocycles. The topological polar surface area (TPSA) is 44.0 Å². The molecule has 1 N–H and O–H groups in total. The van der Waals surface area contributed by atoms with E-state index in [9.17, 15) is 14.8 Å². The minimum atomic E-state index is -1.11. The number of aryl methyl sites for hydroxylation is 1.